The number of nitrogens with one attached hydrogen (secondary N) is 1. The summed E-state index contributed by atoms with van der Waals surface area (Å²) in [6.07, 6.45) is 6.17. The Morgan fingerprint density at radius 2 is 1.97 bits per heavy atom. The molecule has 1 aliphatic carbocycles. The zero-order valence-electron chi connectivity index (χ0n) is 19.5. The van der Waals surface area contributed by atoms with Crippen LogP contribution in [0.15, 0.2) is 16.8 Å². The van der Waals surface area contributed by atoms with Gasteiger partial charge in [-0.3, -0.25) is 9.69 Å². The number of aromatic nitrogens is 3. The van der Waals surface area contributed by atoms with Crippen molar-refractivity contribution in [3.8, 4) is 11.3 Å². The van der Waals surface area contributed by atoms with Gasteiger partial charge in [-0.15, -0.1) is 0 Å². The summed E-state index contributed by atoms with van der Waals surface area (Å²) < 4.78 is 10.9. The van der Waals surface area contributed by atoms with Crippen LogP contribution in [0, 0.1) is 12.8 Å². The number of carbonyl (C=O) groups is 1. The molecular formula is C24H35N5O3. The molecular weight excluding hydrogens is 406 g/mol. The number of aryl methyl sites for hydroxylation is 1. The normalized spacial score (nSPS) is 22.2. The Morgan fingerprint density at radius 1 is 1.22 bits per heavy atom. The quantitative estimate of drug-likeness (QED) is 0.705. The SMILES string of the molecule is Cc1cc(-c2cnc(C(C)C)nc2C2CCC(CNC(=O)CN3CCOCC3)CC2)on1. The van der Waals surface area contributed by atoms with Crippen LogP contribution in [-0.4, -0.2) is 65.3 Å². The highest BCUT2D eigenvalue weighted by Crippen LogP contribution is 2.39. The van der Waals surface area contributed by atoms with Gasteiger partial charge in [-0.1, -0.05) is 19.0 Å². The first kappa shape index (κ1) is 22.9. The molecule has 8 nitrogen and oxygen atoms in total. The Kier molecular flexibility index (Phi) is 7.52. The zero-order valence-corrected chi connectivity index (χ0v) is 19.5. The first-order valence-electron chi connectivity index (χ1n) is 11.9. The molecule has 2 fully saturated rings. The lowest BCUT2D eigenvalue weighted by Gasteiger charge is -2.30. The van der Waals surface area contributed by atoms with Crippen molar-refractivity contribution in [1.82, 2.24) is 25.3 Å². The molecule has 174 valence electrons. The van der Waals surface area contributed by atoms with Crippen LogP contribution in [-0.2, 0) is 9.53 Å². The predicted octanol–water partition coefficient (Wildman–Crippen LogP) is 3.29. The Bertz CT molecular complexity index is 899. The van der Waals surface area contributed by atoms with E-state index < -0.39 is 0 Å². The number of hydrogen-bond acceptors (Lipinski definition) is 7. The molecule has 2 aliphatic rings. The minimum Gasteiger partial charge on any atom is -0.379 e. The van der Waals surface area contributed by atoms with Gasteiger partial charge in [0.2, 0.25) is 5.91 Å². The van der Waals surface area contributed by atoms with E-state index in [9.17, 15) is 4.79 Å². The number of nitrogens with zero attached hydrogens (tertiary/aromatic N) is 4. The summed E-state index contributed by atoms with van der Waals surface area (Å²) in [6.45, 7) is 10.5. The van der Waals surface area contributed by atoms with Crippen molar-refractivity contribution < 1.29 is 14.1 Å². The molecule has 0 radical (unpaired) electrons. The van der Waals surface area contributed by atoms with Crippen molar-refractivity contribution in [3.05, 3.63) is 29.5 Å². The lowest BCUT2D eigenvalue weighted by atomic mass is 9.79. The molecule has 0 aromatic carbocycles. The second-order valence-electron chi connectivity index (χ2n) is 9.42. The second kappa shape index (κ2) is 10.5. The lowest BCUT2D eigenvalue weighted by Crippen LogP contribution is -2.44. The zero-order chi connectivity index (χ0) is 22.5. The number of hydrogen-bond donors (Lipinski definition) is 1. The van der Waals surface area contributed by atoms with E-state index in [1.807, 2.05) is 19.2 Å². The smallest absolute Gasteiger partial charge is 0.234 e. The molecule has 1 saturated heterocycles. The molecule has 0 bridgehead atoms. The lowest BCUT2D eigenvalue weighted by molar-refractivity contribution is -0.123. The van der Waals surface area contributed by atoms with Gasteiger partial charge in [-0.05, 0) is 38.5 Å². The third-order valence-corrected chi connectivity index (χ3v) is 6.54. The highest BCUT2D eigenvalue weighted by molar-refractivity contribution is 5.78. The maximum absolute atomic E-state index is 12.3. The highest BCUT2D eigenvalue weighted by atomic mass is 16.5. The molecule has 0 unspecified atom stereocenters. The average molecular weight is 442 g/mol. The molecule has 1 saturated carbocycles. The van der Waals surface area contributed by atoms with Gasteiger partial charge in [-0.25, -0.2) is 9.97 Å². The monoisotopic (exact) mass is 441 g/mol. The van der Waals surface area contributed by atoms with Crippen molar-refractivity contribution in [1.29, 1.82) is 0 Å². The van der Waals surface area contributed by atoms with Crippen molar-refractivity contribution in [2.24, 2.45) is 5.92 Å². The fourth-order valence-electron chi connectivity index (χ4n) is 4.60. The van der Waals surface area contributed by atoms with E-state index in [-0.39, 0.29) is 11.8 Å². The highest BCUT2D eigenvalue weighted by Gasteiger charge is 2.28. The van der Waals surface area contributed by atoms with Gasteiger partial charge in [0.15, 0.2) is 5.76 Å². The number of rotatable bonds is 7. The number of ether oxygens (including phenoxy) is 1. The van der Waals surface area contributed by atoms with Crippen molar-refractivity contribution >= 4 is 5.91 Å². The first-order valence-corrected chi connectivity index (χ1v) is 11.9. The Balaban J connectivity index is 1.35. The van der Waals surface area contributed by atoms with Crippen LogP contribution in [0.5, 0.6) is 0 Å². The maximum Gasteiger partial charge on any atom is 0.234 e. The van der Waals surface area contributed by atoms with Gasteiger partial charge in [-0.2, -0.15) is 0 Å². The van der Waals surface area contributed by atoms with Crippen LogP contribution in [0.1, 0.15) is 68.6 Å². The molecule has 4 rings (SSSR count). The van der Waals surface area contributed by atoms with Gasteiger partial charge < -0.3 is 14.6 Å². The molecule has 3 heterocycles. The molecule has 1 aliphatic heterocycles. The Hall–Kier alpha value is -2.32. The van der Waals surface area contributed by atoms with Gasteiger partial charge >= 0.3 is 0 Å². The fraction of sp³-hybridized carbons (Fsp3) is 0.667. The van der Waals surface area contributed by atoms with Gasteiger partial charge in [0, 0.05) is 43.7 Å². The van der Waals surface area contributed by atoms with Crippen LogP contribution in [0.3, 0.4) is 0 Å². The molecule has 8 heteroatoms. The van der Waals surface area contributed by atoms with E-state index in [0.717, 1.165) is 73.9 Å². The fourth-order valence-corrected chi connectivity index (χ4v) is 4.60. The summed E-state index contributed by atoms with van der Waals surface area (Å²) >= 11 is 0. The van der Waals surface area contributed by atoms with E-state index in [2.05, 4.69) is 34.2 Å². The van der Waals surface area contributed by atoms with Crippen LogP contribution in [0.25, 0.3) is 11.3 Å². The van der Waals surface area contributed by atoms with Crippen LogP contribution in [0.2, 0.25) is 0 Å². The molecule has 0 atom stereocenters. The summed E-state index contributed by atoms with van der Waals surface area (Å²) in [5, 5.41) is 7.20. The number of morpholine rings is 1. The molecule has 2 aromatic rings. The summed E-state index contributed by atoms with van der Waals surface area (Å²) in [7, 11) is 0. The number of carbonyl (C=O) groups excluding carboxylic acids is 1. The van der Waals surface area contributed by atoms with E-state index >= 15 is 0 Å². The Labute approximate surface area is 190 Å². The Morgan fingerprint density at radius 3 is 2.62 bits per heavy atom. The minimum absolute atomic E-state index is 0.120. The number of amides is 1. The molecule has 32 heavy (non-hydrogen) atoms. The molecule has 1 amide bonds. The molecule has 0 spiro atoms. The molecule has 1 N–H and O–H groups in total. The summed E-state index contributed by atoms with van der Waals surface area (Å²) in [5.41, 5.74) is 2.89. The topological polar surface area (TPSA) is 93.4 Å². The van der Waals surface area contributed by atoms with E-state index in [1.54, 1.807) is 0 Å². The van der Waals surface area contributed by atoms with Gasteiger partial charge in [0.05, 0.1) is 36.7 Å². The minimum atomic E-state index is 0.120. The average Bonchev–Trinajstić information content (AvgIpc) is 3.24. The van der Waals surface area contributed by atoms with Crippen LogP contribution in [0.4, 0.5) is 0 Å². The molecule has 2 aromatic heterocycles. The van der Waals surface area contributed by atoms with Gasteiger partial charge in [0.1, 0.15) is 5.82 Å². The van der Waals surface area contributed by atoms with E-state index in [1.165, 1.54) is 0 Å². The van der Waals surface area contributed by atoms with Crippen LogP contribution < -0.4 is 5.32 Å². The van der Waals surface area contributed by atoms with Crippen molar-refractivity contribution in [3.63, 3.8) is 0 Å². The first-order chi connectivity index (χ1) is 15.5. The predicted molar refractivity (Wildman–Crippen MR) is 121 cm³/mol. The van der Waals surface area contributed by atoms with E-state index in [4.69, 9.17) is 14.2 Å². The van der Waals surface area contributed by atoms with Crippen molar-refractivity contribution in [2.45, 2.75) is 58.3 Å². The standard InChI is InChI=1S/C24H35N5O3/c1-16(2)24-26-14-20(21-12-17(3)28-32-21)23(27-24)19-6-4-18(5-7-19)13-25-22(30)15-29-8-10-31-11-9-29/h12,14,16,18-19H,4-11,13,15H2,1-3H3,(H,25,30). The van der Waals surface area contributed by atoms with Crippen molar-refractivity contribution in [2.75, 3.05) is 39.4 Å². The van der Waals surface area contributed by atoms with Crippen LogP contribution >= 0.6 is 0 Å². The third-order valence-electron chi connectivity index (χ3n) is 6.54. The largest absolute Gasteiger partial charge is 0.379 e. The summed E-state index contributed by atoms with van der Waals surface area (Å²) in [5.74, 6) is 2.90. The van der Waals surface area contributed by atoms with Gasteiger partial charge in [0.25, 0.3) is 0 Å². The third kappa shape index (κ3) is 5.72. The van der Waals surface area contributed by atoms with E-state index in [0.29, 0.717) is 31.6 Å². The summed E-state index contributed by atoms with van der Waals surface area (Å²) in [4.78, 5) is 24.0. The second-order valence-corrected chi connectivity index (χ2v) is 9.42. The maximum atomic E-state index is 12.3. The summed E-state index contributed by atoms with van der Waals surface area (Å²) in [6, 6.07) is 1.95.